The lowest BCUT2D eigenvalue weighted by molar-refractivity contribution is 0.260. The van der Waals surface area contributed by atoms with Gasteiger partial charge in [-0.15, -0.1) is 0 Å². The molecule has 6 rings (SSSR count). The third-order valence-corrected chi connectivity index (χ3v) is 12.0. The van der Waals surface area contributed by atoms with Crippen molar-refractivity contribution in [2.75, 3.05) is 39.6 Å². The van der Waals surface area contributed by atoms with Crippen LogP contribution in [0.5, 0.6) is 17.2 Å². The zero-order chi connectivity index (χ0) is 28.9. The molecule has 3 unspecified atom stereocenters. The molecule has 3 fully saturated rings. The van der Waals surface area contributed by atoms with Crippen LogP contribution in [0.1, 0.15) is 23.6 Å². The Hall–Kier alpha value is 1.32. The molecular weight excluding hydrogens is 1210 g/mol. The van der Waals surface area contributed by atoms with Gasteiger partial charge in [0, 0.05) is 5.41 Å². The summed E-state index contributed by atoms with van der Waals surface area (Å²) in [5.74, 6) is 2.75. The predicted molar refractivity (Wildman–Crippen MR) is 207 cm³/mol. The third-order valence-electron chi connectivity index (χ3n) is 7.17. The van der Waals surface area contributed by atoms with E-state index in [4.69, 9.17) is 28.4 Å². The summed E-state index contributed by atoms with van der Waals surface area (Å²) >= 11 is 14.4. The molecule has 0 aromatic heterocycles. The summed E-state index contributed by atoms with van der Waals surface area (Å²) in [4.78, 5) is 0. The lowest BCUT2D eigenvalue weighted by Gasteiger charge is -2.34. The molecule has 12 heteroatoms. The topological polar surface area (TPSA) is 65.3 Å². The quantitative estimate of drug-likeness (QED) is 0.104. The van der Waals surface area contributed by atoms with Crippen molar-refractivity contribution in [1.29, 1.82) is 0 Å². The molecular formula is C29H24I6O6. The van der Waals surface area contributed by atoms with Gasteiger partial charge in [0.2, 0.25) is 0 Å². The van der Waals surface area contributed by atoms with Gasteiger partial charge in [0.05, 0.1) is 41.2 Å². The van der Waals surface area contributed by atoms with Crippen molar-refractivity contribution < 1.29 is 28.4 Å². The van der Waals surface area contributed by atoms with Crippen LogP contribution in [0.15, 0.2) is 36.4 Å². The second kappa shape index (κ2) is 13.6. The minimum Gasteiger partial charge on any atom is -0.489 e. The van der Waals surface area contributed by atoms with E-state index in [2.05, 4.69) is 179 Å². The zero-order valence-electron chi connectivity index (χ0n) is 21.7. The smallest absolute Gasteiger partial charge is 0.146 e. The second-order valence-electron chi connectivity index (χ2n) is 10.2. The van der Waals surface area contributed by atoms with Gasteiger partial charge in [-0.1, -0.05) is 0 Å². The molecule has 218 valence electrons. The van der Waals surface area contributed by atoms with Crippen molar-refractivity contribution in [3.05, 3.63) is 74.5 Å². The van der Waals surface area contributed by atoms with Crippen molar-refractivity contribution in [3.8, 4) is 17.2 Å². The van der Waals surface area contributed by atoms with E-state index in [1.54, 1.807) is 0 Å². The van der Waals surface area contributed by atoms with Gasteiger partial charge in [0.15, 0.2) is 0 Å². The molecule has 0 bridgehead atoms. The molecule has 3 aliphatic rings. The summed E-state index contributed by atoms with van der Waals surface area (Å²) in [6.45, 7) is 6.38. The van der Waals surface area contributed by atoms with Gasteiger partial charge in [-0.05, 0) is 196 Å². The highest BCUT2D eigenvalue weighted by Gasteiger charge is 2.36. The fourth-order valence-corrected chi connectivity index (χ4v) is 10.7. The van der Waals surface area contributed by atoms with Gasteiger partial charge in [-0.2, -0.15) is 0 Å². The molecule has 0 aliphatic carbocycles. The van der Waals surface area contributed by atoms with E-state index < -0.39 is 5.41 Å². The van der Waals surface area contributed by atoms with Crippen LogP contribution in [0.25, 0.3) is 0 Å². The summed E-state index contributed by atoms with van der Waals surface area (Å²) in [6.07, 6.45) is 0.623. The highest BCUT2D eigenvalue weighted by Crippen LogP contribution is 2.46. The van der Waals surface area contributed by atoms with Gasteiger partial charge in [-0.25, -0.2) is 0 Å². The van der Waals surface area contributed by atoms with E-state index >= 15 is 0 Å². The van der Waals surface area contributed by atoms with Crippen molar-refractivity contribution >= 4 is 136 Å². The van der Waals surface area contributed by atoms with Crippen LogP contribution in [0.2, 0.25) is 0 Å². The Kier molecular flexibility index (Phi) is 10.7. The van der Waals surface area contributed by atoms with E-state index in [1.807, 2.05) is 0 Å². The van der Waals surface area contributed by atoms with Crippen molar-refractivity contribution in [3.63, 3.8) is 0 Å². The first-order chi connectivity index (χ1) is 19.6. The summed E-state index contributed by atoms with van der Waals surface area (Å²) in [7, 11) is 0. The fourth-order valence-electron chi connectivity index (χ4n) is 4.48. The molecule has 3 aromatic rings. The fraction of sp³-hybridized carbons (Fsp3) is 0.379. The number of hydrogen-bond acceptors (Lipinski definition) is 6. The summed E-state index contributed by atoms with van der Waals surface area (Å²) in [6, 6.07) is 13.6. The van der Waals surface area contributed by atoms with Gasteiger partial charge in [-0.3, -0.25) is 0 Å². The van der Waals surface area contributed by atoms with Crippen LogP contribution < -0.4 is 14.2 Å². The summed E-state index contributed by atoms with van der Waals surface area (Å²) in [5, 5.41) is 0. The summed E-state index contributed by atoms with van der Waals surface area (Å²) < 4.78 is 41.1. The number of rotatable bonds is 12. The molecule has 3 aliphatic heterocycles. The van der Waals surface area contributed by atoms with Gasteiger partial charge >= 0.3 is 0 Å². The van der Waals surface area contributed by atoms with Crippen LogP contribution in [0.4, 0.5) is 0 Å². The van der Waals surface area contributed by atoms with Gasteiger partial charge < -0.3 is 28.4 Å². The molecule has 3 saturated heterocycles. The molecule has 0 radical (unpaired) electrons. The minimum atomic E-state index is -0.464. The Morgan fingerprint density at radius 1 is 0.537 bits per heavy atom. The van der Waals surface area contributed by atoms with Crippen molar-refractivity contribution in [1.82, 2.24) is 0 Å². The SMILES string of the molecule is CC(c1cc(I)c(OCC2CO2)c(I)c1)(c1cc(I)c(OCC2CO2)c(I)c1)c1cc(I)c(OCC2CO2)c(I)c1. The first-order valence-corrected chi connectivity index (χ1v) is 19.3. The van der Waals surface area contributed by atoms with Gasteiger partial charge in [0.25, 0.3) is 0 Å². The second-order valence-corrected chi connectivity index (χ2v) is 17.2. The molecule has 41 heavy (non-hydrogen) atoms. The Bertz CT molecular complexity index is 1230. The molecule has 0 spiro atoms. The Labute approximate surface area is 321 Å². The number of ether oxygens (including phenoxy) is 6. The number of halogens is 6. The summed E-state index contributed by atoms with van der Waals surface area (Å²) in [5.41, 5.74) is 3.12. The van der Waals surface area contributed by atoms with Crippen LogP contribution in [0, 0.1) is 21.4 Å². The maximum atomic E-state index is 6.18. The predicted octanol–water partition coefficient (Wildman–Crippen LogP) is 8.00. The van der Waals surface area contributed by atoms with E-state index in [0.717, 1.165) is 58.5 Å². The number of epoxide rings is 3. The van der Waals surface area contributed by atoms with E-state index in [-0.39, 0.29) is 18.3 Å². The number of benzene rings is 3. The first kappa shape index (κ1) is 32.3. The van der Waals surface area contributed by atoms with E-state index in [0.29, 0.717) is 19.8 Å². The van der Waals surface area contributed by atoms with Gasteiger partial charge in [0.1, 0.15) is 55.4 Å². The van der Waals surface area contributed by atoms with E-state index in [9.17, 15) is 0 Å². The van der Waals surface area contributed by atoms with Crippen LogP contribution >= 0.6 is 136 Å². The zero-order valence-corrected chi connectivity index (χ0v) is 34.6. The maximum absolute atomic E-state index is 6.18. The standard InChI is InChI=1S/C29H24I6O6/c1-29(14-2-20(30)26(21(31)3-14)39-11-17-8-36-17,15-4-22(32)27(23(33)5-15)40-12-18-9-37-18)16-6-24(34)28(25(35)7-16)41-13-19-10-38-19/h2-7,17-19H,8-13H2,1H3. The number of hydrogen-bond donors (Lipinski definition) is 0. The minimum absolute atomic E-state index is 0.208. The Morgan fingerprint density at radius 3 is 0.951 bits per heavy atom. The largest absolute Gasteiger partial charge is 0.489 e. The van der Waals surface area contributed by atoms with Crippen LogP contribution in [-0.4, -0.2) is 58.0 Å². The molecule has 0 saturated carbocycles. The van der Waals surface area contributed by atoms with Crippen molar-refractivity contribution in [2.45, 2.75) is 30.7 Å². The average Bonchev–Trinajstić information content (AvgIpc) is 3.77. The molecule has 0 amide bonds. The highest BCUT2D eigenvalue weighted by molar-refractivity contribution is 14.1. The monoisotopic (exact) mass is 1230 g/mol. The molecule has 0 N–H and O–H groups in total. The maximum Gasteiger partial charge on any atom is 0.146 e. The molecule has 3 aromatic carbocycles. The van der Waals surface area contributed by atoms with Crippen molar-refractivity contribution in [2.24, 2.45) is 0 Å². The Balaban J connectivity index is 1.44. The average molecular weight is 1230 g/mol. The molecule has 6 nitrogen and oxygen atoms in total. The van der Waals surface area contributed by atoms with E-state index in [1.165, 1.54) is 16.7 Å². The molecule has 3 heterocycles. The normalized spacial score (nSPS) is 22.2. The molecule has 3 atom stereocenters. The van der Waals surface area contributed by atoms with Crippen LogP contribution in [0.3, 0.4) is 0 Å². The Morgan fingerprint density at radius 2 is 0.756 bits per heavy atom. The lowest BCUT2D eigenvalue weighted by Crippen LogP contribution is -2.27. The highest BCUT2D eigenvalue weighted by atomic mass is 127. The van der Waals surface area contributed by atoms with Crippen LogP contribution in [-0.2, 0) is 19.6 Å². The lowest BCUT2D eigenvalue weighted by atomic mass is 9.71. The third kappa shape index (κ3) is 7.66. The first-order valence-electron chi connectivity index (χ1n) is 12.8.